The number of carbonyl (C=O) groups excluding carboxylic acids is 1. The topological polar surface area (TPSA) is 163 Å². The zero-order chi connectivity index (χ0) is 27.3. The van der Waals surface area contributed by atoms with Gasteiger partial charge in [-0.3, -0.25) is 0 Å². The van der Waals surface area contributed by atoms with E-state index in [0.29, 0.717) is 18.6 Å². The Kier molecular flexibility index (Phi) is 9.27. The molecule has 1 unspecified atom stereocenters. The molecule has 1 aliphatic heterocycles. The van der Waals surface area contributed by atoms with Crippen molar-refractivity contribution in [3.05, 3.63) is 65.2 Å². The van der Waals surface area contributed by atoms with E-state index >= 15 is 0 Å². The van der Waals surface area contributed by atoms with Crippen molar-refractivity contribution in [3.8, 4) is 5.75 Å². The van der Waals surface area contributed by atoms with E-state index in [1.165, 1.54) is 29.8 Å². The SMILES string of the molecule is CC(C)(C)c1ccc(CCC(O)COc2ccc(C(=O)O[C@@H]3O[C@H](C(=O)O)[C@@H](O)[C@H](O)[C@H]3O)cc2)cc1. The highest BCUT2D eigenvalue weighted by Gasteiger charge is 2.48. The van der Waals surface area contributed by atoms with Crippen LogP contribution in [0, 0.1) is 0 Å². The van der Waals surface area contributed by atoms with Crippen molar-refractivity contribution in [3.63, 3.8) is 0 Å². The second-order valence-corrected chi connectivity index (χ2v) is 10.1. The molecule has 0 bridgehead atoms. The molecule has 0 radical (unpaired) electrons. The maximum absolute atomic E-state index is 12.4. The second-order valence-electron chi connectivity index (χ2n) is 10.1. The summed E-state index contributed by atoms with van der Waals surface area (Å²) in [5.74, 6) is -2.12. The average Bonchev–Trinajstić information content (AvgIpc) is 2.86. The van der Waals surface area contributed by atoms with Gasteiger partial charge in [-0.2, -0.15) is 0 Å². The molecule has 10 heteroatoms. The first-order valence-corrected chi connectivity index (χ1v) is 12.0. The quantitative estimate of drug-likeness (QED) is 0.307. The molecule has 0 aliphatic carbocycles. The summed E-state index contributed by atoms with van der Waals surface area (Å²) in [6, 6.07) is 14.1. The summed E-state index contributed by atoms with van der Waals surface area (Å²) >= 11 is 0. The van der Waals surface area contributed by atoms with Crippen LogP contribution in [0.3, 0.4) is 0 Å². The number of hydrogen-bond donors (Lipinski definition) is 5. The fraction of sp³-hybridized carbons (Fsp3) is 0.481. The second kappa shape index (κ2) is 12.0. The van der Waals surface area contributed by atoms with E-state index in [9.17, 15) is 30.0 Å². The van der Waals surface area contributed by atoms with E-state index in [0.717, 1.165) is 5.56 Å². The van der Waals surface area contributed by atoms with Crippen molar-refractivity contribution in [2.45, 2.75) is 75.8 Å². The van der Waals surface area contributed by atoms with E-state index in [-0.39, 0.29) is 17.6 Å². The highest BCUT2D eigenvalue weighted by molar-refractivity contribution is 5.89. The van der Waals surface area contributed by atoms with E-state index in [4.69, 9.17) is 19.3 Å². The third-order valence-corrected chi connectivity index (χ3v) is 6.15. The fourth-order valence-corrected chi connectivity index (χ4v) is 3.79. The molecule has 202 valence electrons. The number of aryl methyl sites for hydroxylation is 1. The number of carboxylic acid groups (broad SMARTS) is 1. The van der Waals surface area contributed by atoms with Crippen LogP contribution in [0.4, 0.5) is 0 Å². The van der Waals surface area contributed by atoms with Crippen molar-refractivity contribution in [1.82, 2.24) is 0 Å². The van der Waals surface area contributed by atoms with Crippen LogP contribution in [0.1, 0.15) is 48.7 Å². The van der Waals surface area contributed by atoms with Crippen molar-refractivity contribution in [2.24, 2.45) is 0 Å². The Morgan fingerprint density at radius 2 is 1.57 bits per heavy atom. The molecule has 37 heavy (non-hydrogen) atoms. The monoisotopic (exact) mass is 518 g/mol. The molecule has 0 amide bonds. The van der Waals surface area contributed by atoms with Crippen LogP contribution in [0.25, 0.3) is 0 Å². The van der Waals surface area contributed by atoms with Crippen molar-refractivity contribution in [1.29, 1.82) is 0 Å². The summed E-state index contributed by atoms with van der Waals surface area (Å²) in [4.78, 5) is 23.6. The van der Waals surface area contributed by atoms with Gasteiger partial charge in [0.25, 0.3) is 0 Å². The van der Waals surface area contributed by atoms with Crippen LogP contribution in [0.2, 0.25) is 0 Å². The van der Waals surface area contributed by atoms with Gasteiger partial charge in [-0.25, -0.2) is 9.59 Å². The number of carboxylic acids is 1. The molecule has 0 saturated carbocycles. The molecule has 0 spiro atoms. The highest BCUT2D eigenvalue weighted by atomic mass is 16.7. The van der Waals surface area contributed by atoms with Crippen LogP contribution >= 0.6 is 0 Å². The Labute approximate surface area is 215 Å². The zero-order valence-electron chi connectivity index (χ0n) is 21.0. The molecule has 0 aromatic heterocycles. The van der Waals surface area contributed by atoms with Crippen molar-refractivity contribution >= 4 is 11.9 Å². The molecule has 2 aromatic rings. The van der Waals surface area contributed by atoms with E-state index < -0.39 is 48.7 Å². The van der Waals surface area contributed by atoms with Crippen LogP contribution < -0.4 is 4.74 Å². The summed E-state index contributed by atoms with van der Waals surface area (Å²) in [7, 11) is 0. The van der Waals surface area contributed by atoms with Crippen LogP contribution in [0.5, 0.6) is 5.75 Å². The Bertz CT molecular complexity index is 1040. The predicted octanol–water partition coefficient (Wildman–Crippen LogP) is 1.41. The minimum absolute atomic E-state index is 0.0508. The van der Waals surface area contributed by atoms with Crippen molar-refractivity contribution < 1.29 is 49.3 Å². The number of ether oxygens (including phenoxy) is 3. The lowest BCUT2D eigenvalue weighted by Gasteiger charge is -2.37. The number of benzene rings is 2. The average molecular weight is 519 g/mol. The number of esters is 1. The first kappa shape index (κ1) is 28.5. The van der Waals surface area contributed by atoms with Gasteiger partial charge in [-0.1, -0.05) is 45.0 Å². The molecule has 3 rings (SSSR count). The number of rotatable bonds is 9. The van der Waals surface area contributed by atoms with Gasteiger partial charge in [-0.05, 0) is 53.6 Å². The molecular formula is C27H34O10. The standard InChI is InChI=1S/C27H34O10/c1-27(2,3)17-9-4-15(5-10-17)6-11-18(28)14-35-19-12-7-16(8-13-19)25(34)37-26-22(31)20(29)21(30)23(36-26)24(32)33/h4-5,7-10,12-13,18,20-23,26,28-31H,6,11,14H2,1-3H3,(H,32,33)/t18?,20-,21-,22+,23-,26-/m0/s1. The lowest BCUT2D eigenvalue weighted by molar-refractivity contribution is -0.278. The largest absolute Gasteiger partial charge is 0.491 e. The van der Waals surface area contributed by atoms with Gasteiger partial charge in [0.2, 0.25) is 6.29 Å². The molecule has 2 aromatic carbocycles. The Hall–Kier alpha value is -3.02. The van der Waals surface area contributed by atoms with Crippen LogP contribution in [-0.2, 0) is 26.1 Å². The Balaban J connectivity index is 1.47. The summed E-state index contributed by atoms with van der Waals surface area (Å²) in [5.41, 5.74) is 2.50. The normalized spacial score (nSPS) is 24.8. The summed E-state index contributed by atoms with van der Waals surface area (Å²) in [6.45, 7) is 6.52. The van der Waals surface area contributed by atoms with Crippen LogP contribution in [0.15, 0.2) is 48.5 Å². The maximum Gasteiger partial charge on any atom is 0.340 e. The molecule has 1 heterocycles. The minimum Gasteiger partial charge on any atom is -0.491 e. The number of aliphatic hydroxyl groups excluding tert-OH is 4. The number of aliphatic hydroxyl groups is 4. The molecule has 10 nitrogen and oxygen atoms in total. The maximum atomic E-state index is 12.4. The van der Waals surface area contributed by atoms with E-state index in [1.807, 2.05) is 0 Å². The fourth-order valence-electron chi connectivity index (χ4n) is 3.79. The van der Waals surface area contributed by atoms with Crippen molar-refractivity contribution in [2.75, 3.05) is 6.61 Å². The molecule has 1 saturated heterocycles. The molecule has 6 atom stereocenters. The van der Waals surface area contributed by atoms with Gasteiger partial charge in [-0.15, -0.1) is 0 Å². The predicted molar refractivity (Wildman–Crippen MR) is 131 cm³/mol. The first-order chi connectivity index (χ1) is 17.4. The van der Waals surface area contributed by atoms with Gasteiger partial charge >= 0.3 is 11.9 Å². The van der Waals surface area contributed by atoms with Gasteiger partial charge in [0.05, 0.1) is 11.7 Å². The number of aliphatic carboxylic acids is 1. The summed E-state index contributed by atoms with van der Waals surface area (Å²) in [6.07, 6.45) is -8.75. The Morgan fingerprint density at radius 3 is 2.14 bits per heavy atom. The van der Waals surface area contributed by atoms with E-state index in [2.05, 4.69) is 45.0 Å². The van der Waals surface area contributed by atoms with Gasteiger partial charge in [0.15, 0.2) is 6.10 Å². The summed E-state index contributed by atoms with van der Waals surface area (Å²) < 4.78 is 15.5. The lowest BCUT2D eigenvalue weighted by atomic mass is 9.86. The highest BCUT2D eigenvalue weighted by Crippen LogP contribution is 2.24. The third kappa shape index (κ3) is 7.50. The third-order valence-electron chi connectivity index (χ3n) is 6.15. The number of carbonyl (C=O) groups is 2. The summed E-state index contributed by atoms with van der Waals surface area (Å²) in [5, 5.41) is 48.9. The van der Waals surface area contributed by atoms with Gasteiger partial charge in [0.1, 0.15) is 30.7 Å². The molecule has 1 fully saturated rings. The van der Waals surface area contributed by atoms with Gasteiger partial charge in [0, 0.05) is 0 Å². The number of hydrogen-bond acceptors (Lipinski definition) is 9. The van der Waals surface area contributed by atoms with Gasteiger partial charge < -0.3 is 39.7 Å². The smallest absolute Gasteiger partial charge is 0.340 e. The first-order valence-electron chi connectivity index (χ1n) is 12.0. The molecule has 1 aliphatic rings. The molecular weight excluding hydrogens is 484 g/mol. The van der Waals surface area contributed by atoms with Crippen LogP contribution in [-0.4, -0.2) is 80.9 Å². The zero-order valence-corrected chi connectivity index (χ0v) is 21.0. The minimum atomic E-state index is -1.89. The van der Waals surface area contributed by atoms with E-state index in [1.54, 1.807) is 0 Å². The Morgan fingerprint density at radius 1 is 0.946 bits per heavy atom. The lowest BCUT2D eigenvalue weighted by Crippen LogP contribution is -2.60. The molecule has 5 N–H and O–H groups in total.